The Bertz CT molecular complexity index is 2880. The Kier molecular flexibility index (Phi) is 22.3. The van der Waals surface area contributed by atoms with E-state index in [0.29, 0.717) is 52.5 Å². The zero-order valence-electron chi connectivity index (χ0n) is 43.0. The molecule has 10 rings (SSSR count). The molecule has 2 saturated heterocycles. The Morgan fingerprint density at radius 1 is 0.712 bits per heavy atom. The Balaban J connectivity index is 0.000000248. The maximum atomic E-state index is 13.6. The van der Waals surface area contributed by atoms with Gasteiger partial charge in [-0.3, -0.25) is 14.4 Å². The molecule has 21 nitrogen and oxygen atoms in total. The van der Waals surface area contributed by atoms with E-state index >= 15 is 0 Å². The molecule has 0 aliphatic carbocycles. The molecule has 0 radical (unpaired) electrons. The molecule has 4 aliphatic rings. The second-order valence-corrected chi connectivity index (χ2v) is 18.5. The van der Waals surface area contributed by atoms with Crippen LogP contribution in [0.5, 0.6) is 0 Å². The van der Waals surface area contributed by atoms with Crippen molar-refractivity contribution in [1.82, 2.24) is 49.8 Å². The quantitative estimate of drug-likeness (QED) is 0.0644. The number of hydrogen-bond acceptors (Lipinski definition) is 17. The zero-order valence-corrected chi connectivity index (χ0v) is 55.3. The number of rotatable bonds is 7. The number of pyridine rings is 2. The number of piperidine rings is 2. The Labute approximate surface area is 546 Å². The number of anilines is 1. The number of nitrogens with one attached hydrogen (secondary N) is 1. The third kappa shape index (κ3) is 14.3. The number of halogens is 1. The fourth-order valence-corrected chi connectivity index (χ4v) is 9.09. The van der Waals surface area contributed by atoms with Gasteiger partial charge in [-0.2, -0.15) is 30.0 Å². The Hall–Kier alpha value is -3.52. The third-order valence-electron chi connectivity index (χ3n) is 12.5. The number of amides is 2. The van der Waals surface area contributed by atoms with Crippen LogP contribution in [0.2, 0.25) is 5.15 Å². The summed E-state index contributed by atoms with van der Waals surface area (Å²) < 4.78 is 10.7. The molecular weight excluding hydrogens is 1200 g/mol. The normalized spacial score (nSPS) is 19.6. The van der Waals surface area contributed by atoms with Crippen LogP contribution in [0.25, 0.3) is 11.4 Å². The number of nitrogens with zero attached hydrogens (tertiary/aromatic N) is 10. The van der Waals surface area contributed by atoms with Crippen molar-refractivity contribution in [3.63, 3.8) is 0 Å². The third-order valence-corrected chi connectivity index (χ3v) is 12.8. The summed E-state index contributed by atoms with van der Waals surface area (Å²) in [5.41, 5.74) is 9.74. The molecule has 3 N–H and O–H groups in total. The summed E-state index contributed by atoms with van der Waals surface area (Å²) in [5, 5.41) is 28.7. The number of carbonyl (C=O) groups excluding carboxylic acids is 5. The van der Waals surface area contributed by atoms with Crippen LogP contribution in [0, 0.1) is 0 Å². The molecular formula is C49H55ClCs2N12O9. The summed E-state index contributed by atoms with van der Waals surface area (Å²) in [6.07, 6.45) is 13.2. The van der Waals surface area contributed by atoms with Crippen LogP contribution in [0.4, 0.5) is 5.82 Å². The van der Waals surface area contributed by atoms with Crippen molar-refractivity contribution in [1.29, 1.82) is 0 Å². The molecule has 0 spiro atoms. The van der Waals surface area contributed by atoms with Gasteiger partial charge in [0.25, 0.3) is 18.3 Å². The number of ether oxygens (including phenoxy) is 2. The maximum Gasteiger partial charge on any atom is 1.00 e. The predicted octanol–water partition coefficient (Wildman–Crippen LogP) is -0.912. The molecule has 2 amide bonds. The first-order valence-corrected chi connectivity index (χ1v) is 23.2. The number of aromatic nitrogens is 8. The van der Waals surface area contributed by atoms with Crippen LogP contribution in [0.3, 0.4) is 0 Å². The maximum absolute atomic E-state index is 13.6. The van der Waals surface area contributed by atoms with Crippen molar-refractivity contribution in [3.8, 4) is 11.4 Å². The van der Waals surface area contributed by atoms with Gasteiger partial charge in [0.05, 0.1) is 47.3 Å². The van der Waals surface area contributed by atoms with Gasteiger partial charge in [0.1, 0.15) is 33.3 Å². The molecule has 4 aliphatic heterocycles. The SMILES string of the molecule is CC1(C)OC(=O)c2c1ccnc2Cl.C[C@@H]1CC[C@@H](N)CN1C(=O)c1ccccc1-n1nccn1.C[C@@H]1CC[C@@H](Nc2nccc3c2C(=O)OC3(C)C)CN1C(=O)c1ccccc1-n1nccn1.O=CO[O-].[Cs+].[Cs+].[H-]. The van der Waals surface area contributed by atoms with E-state index < -0.39 is 17.2 Å². The van der Waals surface area contributed by atoms with E-state index in [1.54, 1.807) is 49.3 Å². The van der Waals surface area contributed by atoms with Crippen LogP contribution in [0.15, 0.2) is 97.8 Å². The summed E-state index contributed by atoms with van der Waals surface area (Å²) in [6.45, 7) is 12.4. The van der Waals surface area contributed by atoms with Crippen LogP contribution in [-0.4, -0.2) is 117 Å². The summed E-state index contributed by atoms with van der Waals surface area (Å²) in [4.78, 5) is 76.5. The van der Waals surface area contributed by atoms with Gasteiger partial charge in [-0.15, -0.1) is 0 Å². The molecule has 8 heterocycles. The molecule has 0 unspecified atom stereocenters. The van der Waals surface area contributed by atoms with Gasteiger partial charge in [-0.25, -0.2) is 19.6 Å². The molecule has 4 atom stereocenters. The number of cyclic esters (lactones) is 2. The van der Waals surface area contributed by atoms with Crippen molar-refractivity contribution in [2.75, 3.05) is 18.4 Å². The van der Waals surface area contributed by atoms with Gasteiger partial charge in [0.15, 0.2) is 0 Å². The number of esters is 2. The largest absolute Gasteiger partial charge is 1.00 e. The van der Waals surface area contributed by atoms with Crippen LogP contribution >= 0.6 is 11.6 Å². The second-order valence-electron chi connectivity index (χ2n) is 18.1. The number of fused-ring (bicyclic) bond motifs is 2. The van der Waals surface area contributed by atoms with Crippen LogP contribution in [0.1, 0.15) is 121 Å². The average Bonchev–Trinajstić information content (AvgIpc) is 4.18. The fraction of sp³-hybridized carbons (Fsp3) is 0.367. The molecule has 2 fully saturated rings. The van der Waals surface area contributed by atoms with E-state index in [0.717, 1.165) is 36.8 Å². The van der Waals surface area contributed by atoms with Crippen molar-refractivity contribution in [3.05, 3.63) is 136 Å². The second kappa shape index (κ2) is 27.0. The first-order chi connectivity index (χ1) is 33.9. The van der Waals surface area contributed by atoms with Crippen LogP contribution in [-0.2, 0) is 30.4 Å². The standard InChI is InChI=1S/C24H26N6O3.C15H19N5O.C9H8ClNO2.CH2O3.2Cs.H/c1-15-8-9-16(28-21-20-18(10-11-25-21)24(2,3)33-23(20)32)14-29(15)22(31)17-6-4-5-7-19(17)30-26-12-13-27-30;1-11-6-7-12(16)10-19(11)15(21)13-4-2-3-5-14(13)20-17-8-9-18-20;1-9(2)5-3-4-11-7(10)6(5)8(12)13-9;2-1-4-3;;;/h4-7,10-13,15-16H,8-9,14H2,1-3H3,(H,25,28);2-5,8-9,11-12H,6-7,10,16H2,1H3;3-4H,1-2H3;1,3H;;;/q;;;;2*+1;-1/p-1/t15-,16-;11-,12-;;;;;/m11...../s1. The number of carbonyl (C=O) groups is 5. The number of hydrogen-bond donors (Lipinski definition) is 2. The molecule has 0 bridgehead atoms. The smallest absolute Gasteiger partial charge is 1.00 e. The predicted molar refractivity (Wildman–Crippen MR) is 256 cm³/mol. The topological polar surface area (TPSA) is 268 Å². The summed E-state index contributed by atoms with van der Waals surface area (Å²) in [6, 6.07) is 18.6. The minimum Gasteiger partial charge on any atom is -1.00 e. The molecule has 73 heavy (non-hydrogen) atoms. The molecule has 374 valence electrons. The number of benzene rings is 2. The van der Waals surface area contributed by atoms with Crippen molar-refractivity contribution in [2.24, 2.45) is 5.73 Å². The van der Waals surface area contributed by atoms with E-state index in [9.17, 15) is 19.2 Å². The monoisotopic (exact) mass is 1260 g/mol. The van der Waals surface area contributed by atoms with Gasteiger partial charge in [0.2, 0.25) is 0 Å². The van der Waals surface area contributed by atoms with E-state index in [2.05, 4.69) is 54.4 Å². The van der Waals surface area contributed by atoms with Crippen molar-refractivity contribution in [2.45, 2.75) is 103 Å². The molecule has 24 heteroatoms. The van der Waals surface area contributed by atoms with Crippen LogP contribution < -0.4 is 154 Å². The first-order valence-electron chi connectivity index (χ1n) is 22.8. The fourth-order valence-electron chi connectivity index (χ4n) is 8.85. The number of para-hydroxylation sites is 2. The van der Waals surface area contributed by atoms with Gasteiger partial charge in [0, 0.05) is 60.8 Å². The molecule has 4 aromatic heterocycles. The average molecular weight is 1260 g/mol. The molecule has 0 saturated carbocycles. The first kappa shape index (κ1) is 60.3. The van der Waals surface area contributed by atoms with Crippen molar-refractivity contribution < 1.29 is 183 Å². The van der Waals surface area contributed by atoms with E-state index in [1.807, 2.05) is 86.0 Å². The van der Waals surface area contributed by atoms with Gasteiger partial charge in [-0.05, 0) is 104 Å². The Morgan fingerprint density at radius 2 is 1.15 bits per heavy atom. The Morgan fingerprint density at radius 3 is 1.64 bits per heavy atom. The van der Waals surface area contributed by atoms with E-state index in [1.165, 1.54) is 9.59 Å². The van der Waals surface area contributed by atoms with Crippen molar-refractivity contribution >= 4 is 47.6 Å². The minimum atomic E-state index is -0.681. The zero-order chi connectivity index (χ0) is 51.0. The number of likely N-dealkylation sites (tertiary alicyclic amines) is 2. The summed E-state index contributed by atoms with van der Waals surface area (Å²) in [7, 11) is 0. The summed E-state index contributed by atoms with van der Waals surface area (Å²) >= 11 is 5.78. The van der Waals surface area contributed by atoms with E-state index in [-0.39, 0.29) is 193 Å². The number of nitrogens with two attached hydrogens (primary N) is 1. The van der Waals surface area contributed by atoms with E-state index in [4.69, 9.17) is 36.9 Å². The minimum absolute atomic E-state index is 0. The molecule has 2 aromatic carbocycles. The van der Waals surface area contributed by atoms with Gasteiger partial charge in [-0.1, -0.05) is 35.9 Å². The molecule has 6 aromatic rings. The van der Waals surface area contributed by atoms with Gasteiger partial charge < -0.3 is 41.9 Å². The summed E-state index contributed by atoms with van der Waals surface area (Å²) in [5.74, 6) is -0.336. The van der Waals surface area contributed by atoms with Gasteiger partial charge >= 0.3 is 150 Å².